The predicted molar refractivity (Wildman–Crippen MR) is 82.4 cm³/mol. The van der Waals surface area contributed by atoms with Gasteiger partial charge in [0.1, 0.15) is 0 Å². The van der Waals surface area contributed by atoms with Gasteiger partial charge < -0.3 is 10.2 Å². The Kier molecular flexibility index (Phi) is 2.29. The SMILES string of the molecule is Cc1c(O)c(O)cc2sc3nc4ccccc4c(=O)n3c12. The van der Waals surface area contributed by atoms with Crippen LogP contribution in [0.2, 0.25) is 0 Å². The van der Waals surface area contributed by atoms with E-state index in [1.165, 1.54) is 21.8 Å². The molecule has 0 radical (unpaired) electrons. The van der Waals surface area contributed by atoms with Gasteiger partial charge in [-0.25, -0.2) is 9.38 Å². The number of hydrogen-bond acceptors (Lipinski definition) is 5. The molecule has 0 aliphatic heterocycles. The number of aromatic hydroxyl groups is 2. The van der Waals surface area contributed by atoms with Crippen molar-refractivity contribution < 1.29 is 10.2 Å². The van der Waals surface area contributed by atoms with Gasteiger partial charge in [0.15, 0.2) is 16.5 Å². The van der Waals surface area contributed by atoms with Crippen molar-refractivity contribution in [3.8, 4) is 11.5 Å². The highest BCUT2D eigenvalue weighted by Gasteiger charge is 2.17. The molecule has 0 unspecified atom stereocenters. The van der Waals surface area contributed by atoms with Crippen LogP contribution in [0.4, 0.5) is 0 Å². The molecule has 2 heterocycles. The molecule has 4 rings (SSSR count). The molecule has 0 saturated heterocycles. The van der Waals surface area contributed by atoms with Gasteiger partial charge in [-0.15, -0.1) is 0 Å². The zero-order valence-electron chi connectivity index (χ0n) is 11.0. The van der Waals surface area contributed by atoms with E-state index < -0.39 is 0 Å². The molecule has 21 heavy (non-hydrogen) atoms. The van der Waals surface area contributed by atoms with E-state index in [9.17, 15) is 15.0 Å². The van der Waals surface area contributed by atoms with Crippen molar-refractivity contribution in [2.75, 3.05) is 0 Å². The lowest BCUT2D eigenvalue weighted by atomic mass is 10.2. The first kappa shape index (κ1) is 12.2. The lowest BCUT2D eigenvalue weighted by Gasteiger charge is -2.04. The van der Waals surface area contributed by atoms with Crippen LogP contribution in [-0.4, -0.2) is 19.6 Å². The summed E-state index contributed by atoms with van der Waals surface area (Å²) in [5, 5.41) is 20.2. The summed E-state index contributed by atoms with van der Waals surface area (Å²) in [7, 11) is 0. The van der Waals surface area contributed by atoms with Crippen LogP contribution in [0.1, 0.15) is 5.56 Å². The van der Waals surface area contributed by atoms with Crippen LogP contribution in [0, 0.1) is 6.92 Å². The Morgan fingerprint density at radius 1 is 1.24 bits per heavy atom. The quantitative estimate of drug-likeness (QED) is 0.489. The van der Waals surface area contributed by atoms with Crippen LogP contribution in [0.3, 0.4) is 0 Å². The standard InChI is InChI=1S/C15H10N2O3S/c1-7-12-11(6-10(18)13(7)19)21-15-16-9-5-3-2-4-8(9)14(20)17(12)15/h2-6,18-19H,1H3. The maximum atomic E-state index is 12.7. The second-order valence-electron chi connectivity index (χ2n) is 4.87. The summed E-state index contributed by atoms with van der Waals surface area (Å²) in [6, 6.07) is 8.62. The van der Waals surface area contributed by atoms with E-state index in [1.54, 1.807) is 25.1 Å². The zero-order valence-corrected chi connectivity index (χ0v) is 11.8. The molecule has 0 aliphatic rings. The molecule has 0 saturated carbocycles. The van der Waals surface area contributed by atoms with Gasteiger partial charge in [-0.1, -0.05) is 23.5 Å². The molecule has 104 valence electrons. The summed E-state index contributed by atoms with van der Waals surface area (Å²) in [6.07, 6.45) is 0. The van der Waals surface area contributed by atoms with E-state index in [-0.39, 0.29) is 17.1 Å². The van der Waals surface area contributed by atoms with Gasteiger partial charge in [-0.2, -0.15) is 0 Å². The molecule has 0 bridgehead atoms. The van der Waals surface area contributed by atoms with E-state index in [0.717, 1.165) is 0 Å². The summed E-state index contributed by atoms with van der Waals surface area (Å²) in [5.41, 5.74) is 1.53. The van der Waals surface area contributed by atoms with Crippen molar-refractivity contribution in [2.45, 2.75) is 6.92 Å². The van der Waals surface area contributed by atoms with E-state index in [1.807, 2.05) is 6.07 Å². The Labute approximate surface area is 122 Å². The molecule has 2 aromatic carbocycles. The molecule has 2 N–H and O–H groups in total. The summed E-state index contributed by atoms with van der Waals surface area (Å²) in [5.74, 6) is -0.397. The summed E-state index contributed by atoms with van der Waals surface area (Å²) < 4.78 is 2.21. The Bertz CT molecular complexity index is 1100. The Morgan fingerprint density at radius 3 is 2.81 bits per heavy atom. The van der Waals surface area contributed by atoms with Crippen LogP contribution < -0.4 is 5.56 Å². The number of rotatable bonds is 0. The van der Waals surface area contributed by atoms with Crippen molar-refractivity contribution in [3.05, 3.63) is 46.2 Å². The van der Waals surface area contributed by atoms with Crippen molar-refractivity contribution in [1.82, 2.24) is 9.38 Å². The number of benzene rings is 2. The minimum Gasteiger partial charge on any atom is -0.504 e. The van der Waals surface area contributed by atoms with Crippen molar-refractivity contribution in [1.29, 1.82) is 0 Å². The maximum absolute atomic E-state index is 12.7. The van der Waals surface area contributed by atoms with Gasteiger partial charge in [0.05, 0.1) is 21.1 Å². The van der Waals surface area contributed by atoms with Crippen molar-refractivity contribution in [2.24, 2.45) is 0 Å². The normalized spacial score (nSPS) is 11.7. The summed E-state index contributed by atoms with van der Waals surface area (Å²) in [4.78, 5) is 17.7. The average molecular weight is 298 g/mol. The summed E-state index contributed by atoms with van der Waals surface area (Å²) in [6.45, 7) is 1.67. The monoisotopic (exact) mass is 298 g/mol. The molecule has 4 aromatic rings. The third kappa shape index (κ3) is 1.50. The van der Waals surface area contributed by atoms with Gasteiger partial charge in [0, 0.05) is 11.6 Å². The van der Waals surface area contributed by atoms with Crippen LogP contribution >= 0.6 is 11.3 Å². The second-order valence-corrected chi connectivity index (χ2v) is 5.88. The number of thiazole rings is 1. The van der Waals surface area contributed by atoms with Crippen LogP contribution in [0.5, 0.6) is 11.5 Å². The van der Waals surface area contributed by atoms with Gasteiger partial charge in [0.2, 0.25) is 0 Å². The van der Waals surface area contributed by atoms with Gasteiger partial charge >= 0.3 is 0 Å². The molecule has 2 aromatic heterocycles. The maximum Gasteiger partial charge on any atom is 0.266 e. The number of fused-ring (bicyclic) bond motifs is 4. The lowest BCUT2D eigenvalue weighted by molar-refractivity contribution is 0.402. The van der Waals surface area contributed by atoms with Crippen LogP contribution in [-0.2, 0) is 0 Å². The molecular formula is C15H10N2O3S. The number of phenolic OH excluding ortho intramolecular Hbond substituents is 2. The number of hydrogen-bond donors (Lipinski definition) is 2. The number of aryl methyl sites for hydroxylation is 1. The van der Waals surface area contributed by atoms with Gasteiger partial charge in [0.25, 0.3) is 5.56 Å². The highest BCUT2D eigenvalue weighted by molar-refractivity contribution is 7.23. The fourth-order valence-electron chi connectivity index (χ4n) is 2.58. The molecule has 0 amide bonds. The molecule has 6 heteroatoms. The molecule has 0 aliphatic carbocycles. The van der Waals surface area contributed by atoms with Crippen molar-refractivity contribution in [3.63, 3.8) is 0 Å². The first-order valence-corrected chi connectivity index (χ1v) is 7.15. The minimum atomic E-state index is -0.206. The molecule has 5 nitrogen and oxygen atoms in total. The number of para-hydroxylation sites is 1. The lowest BCUT2D eigenvalue weighted by Crippen LogP contribution is -2.13. The minimum absolute atomic E-state index is 0.171. The number of phenols is 2. The third-order valence-electron chi connectivity index (χ3n) is 3.62. The smallest absolute Gasteiger partial charge is 0.266 e. The Balaban J connectivity index is 2.36. The van der Waals surface area contributed by atoms with Gasteiger partial charge in [-0.3, -0.25) is 4.79 Å². The predicted octanol–water partition coefficient (Wildman–Crippen LogP) is 2.78. The summed E-state index contributed by atoms with van der Waals surface area (Å²) >= 11 is 1.31. The van der Waals surface area contributed by atoms with E-state index in [4.69, 9.17) is 0 Å². The number of nitrogens with zero attached hydrogens (tertiary/aromatic N) is 2. The first-order chi connectivity index (χ1) is 10.1. The van der Waals surface area contributed by atoms with E-state index >= 15 is 0 Å². The van der Waals surface area contributed by atoms with Crippen LogP contribution in [0.15, 0.2) is 35.1 Å². The molecular weight excluding hydrogens is 288 g/mol. The molecule has 0 spiro atoms. The van der Waals surface area contributed by atoms with Crippen molar-refractivity contribution >= 4 is 37.4 Å². The zero-order chi connectivity index (χ0) is 14.7. The Morgan fingerprint density at radius 2 is 2.00 bits per heavy atom. The Hall–Kier alpha value is -2.60. The fourth-order valence-corrected chi connectivity index (χ4v) is 3.70. The fraction of sp³-hybridized carbons (Fsp3) is 0.0667. The highest BCUT2D eigenvalue weighted by atomic mass is 32.1. The third-order valence-corrected chi connectivity index (χ3v) is 4.61. The van der Waals surface area contributed by atoms with E-state index in [2.05, 4.69) is 4.98 Å². The highest BCUT2D eigenvalue weighted by Crippen LogP contribution is 2.38. The average Bonchev–Trinajstić information content (AvgIpc) is 2.83. The van der Waals surface area contributed by atoms with Gasteiger partial charge in [-0.05, 0) is 19.1 Å². The van der Waals surface area contributed by atoms with Crippen LogP contribution in [0.25, 0.3) is 26.1 Å². The van der Waals surface area contributed by atoms with E-state index in [0.29, 0.717) is 31.6 Å². The molecule has 0 atom stereocenters. The second kappa shape index (κ2) is 3.95. The topological polar surface area (TPSA) is 74.8 Å². The number of aromatic nitrogens is 2. The first-order valence-electron chi connectivity index (χ1n) is 6.33. The molecule has 0 fully saturated rings. The largest absolute Gasteiger partial charge is 0.504 e.